The molecule has 0 saturated heterocycles. The molecule has 0 unspecified atom stereocenters. The number of alkyl halides is 1. The summed E-state index contributed by atoms with van der Waals surface area (Å²) in [5.74, 6) is 0. The Kier molecular flexibility index (Phi) is 4.56. The summed E-state index contributed by atoms with van der Waals surface area (Å²) in [6, 6.07) is 1.96. The first-order chi connectivity index (χ1) is 6.97. The quantitative estimate of drug-likeness (QED) is 0.791. The molecule has 0 amide bonds. The first-order valence-electron chi connectivity index (χ1n) is 4.83. The van der Waals surface area contributed by atoms with Crippen LogP contribution in [-0.4, -0.2) is 27.8 Å². The first-order valence-corrected chi connectivity index (χ1v) is 6.33. The minimum atomic E-state index is 0.118. The van der Waals surface area contributed by atoms with Crippen molar-refractivity contribution >= 4 is 27.5 Å². The molecule has 0 radical (unpaired) electrons. The molecule has 0 fully saturated rings. The number of rotatable bonds is 4. The van der Waals surface area contributed by atoms with Gasteiger partial charge in [-0.25, -0.2) is 0 Å². The predicted molar refractivity (Wildman–Crippen MR) is 68.6 cm³/mol. The van der Waals surface area contributed by atoms with E-state index < -0.39 is 0 Å². The van der Waals surface area contributed by atoms with Crippen molar-refractivity contribution in [1.29, 1.82) is 0 Å². The molecule has 0 aliphatic rings. The van der Waals surface area contributed by atoms with E-state index in [0.29, 0.717) is 0 Å². The van der Waals surface area contributed by atoms with Crippen LogP contribution in [-0.2, 0) is 6.54 Å². The maximum Gasteiger partial charge on any atom is 0.0634 e. The van der Waals surface area contributed by atoms with Crippen LogP contribution in [0, 0.1) is 0 Å². The Bertz CT molecular complexity index is 328. The van der Waals surface area contributed by atoms with Crippen molar-refractivity contribution in [1.82, 2.24) is 9.88 Å². The van der Waals surface area contributed by atoms with Gasteiger partial charge in [-0.2, -0.15) is 0 Å². The molecule has 0 aromatic carbocycles. The van der Waals surface area contributed by atoms with E-state index in [4.69, 9.17) is 11.6 Å². The van der Waals surface area contributed by atoms with Gasteiger partial charge in [-0.1, -0.05) is 27.5 Å². The van der Waals surface area contributed by atoms with Crippen molar-refractivity contribution in [3.8, 4) is 0 Å². The van der Waals surface area contributed by atoms with Gasteiger partial charge in [-0.05, 0) is 32.5 Å². The lowest BCUT2D eigenvalue weighted by molar-refractivity contribution is 0.173. The summed E-state index contributed by atoms with van der Waals surface area (Å²) in [6.45, 7) is 5.22. The van der Waals surface area contributed by atoms with Crippen LogP contribution in [0.25, 0.3) is 0 Å². The van der Waals surface area contributed by atoms with Crippen molar-refractivity contribution in [2.75, 3.05) is 12.4 Å². The summed E-state index contributed by atoms with van der Waals surface area (Å²) in [7, 11) is 2.10. The van der Waals surface area contributed by atoms with E-state index in [2.05, 4.69) is 46.7 Å². The predicted octanol–water partition coefficient (Wildman–Crippen LogP) is 3.34. The normalized spacial score (nSPS) is 12.1. The Hall–Kier alpha value is -0.120. The van der Waals surface area contributed by atoms with Crippen molar-refractivity contribution < 1.29 is 0 Å². The van der Waals surface area contributed by atoms with Gasteiger partial charge < -0.3 is 0 Å². The van der Waals surface area contributed by atoms with E-state index in [0.717, 1.165) is 22.5 Å². The van der Waals surface area contributed by atoms with Crippen LogP contribution in [0.4, 0.5) is 0 Å². The smallest absolute Gasteiger partial charge is 0.0634 e. The average molecular weight is 292 g/mol. The first kappa shape index (κ1) is 12.9. The van der Waals surface area contributed by atoms with Crippen LogP contribution in [0.15, 0.2) is 18.5 Å². The van der Waals surface area contributed by atoms with Gasteiger partial charge in [-0.3, -0.25) is 9.88 Å². The lowest BCUT2D eigenvalue weighted by Gasteiger charge is -2.34. The molecular formula is C11H16BrClN2. The number of hydrogen-bond acceptors (Lipinski definition) is 2. The van der Waals surface area contributed by atoms with Crippen LogP contribution < -0.4 is 0 Å². The highest BCUT2D eigenvalue weighted by atomic mass is 79.9. The second kappa shape index (κ2) is 5.28. The van der Waals surface area contributed by atoms with E-state index in [-0.39, 0.29) is 5.54 Å². The van der Waals surface area contributed by atoms with Crippen LogP contribution in [0.3, 0.4) is 0 Å². The highest BCUT2D eigenvalue weighted by Crippen LogP contribution is 2.21. The molecule has 0 atom stereocenters. The fourth-order valence-corrected chi connectivity index (χ4v) is 1.71. The maximum absolute atomic E-state index is 6.06. The van der Waals surface area contributed by atoms with Gasteiger partial charge in [0.2, 0.25) is 0 Å². The second-order valence-electron chi connectivity index (χ2n) is 4.27. The van der Waals surface area contributed by atoms with Gasteiger partial charge in [0.25, 0.3) is 0 Å². The molecule has 1 aromatic rings. The molecule has 84 valence electrons. The molecule has 1 rings (SSSR count). The largest absolute Gasteiger partial charge is 0.296 e. The lowest BCUT2D eigenvalue weighted by Crippen LogP contribution is -2.42. The van der Waals surface area contributed by atoms with Gasteiger partial charge in [-0.15, -0.1) is 0 Å². The SMILES string of the molecule is CN(Cc1ccncc1Cl)C(C)(C)CBr. The Morgan fingerprint density at radius 1 is 1.53 bits per heavy atom. The average Bonchev–Trinajstić information content (AvgIpc) is 2.21. The summed E-state index contributed by atoms with van der Waals surface area (Å²) in [4.78, 5) is 6.24. The number of nitrogens with zero attached hydrogens (tertiary/aromatic N) is 2. The number of aromatic nitrogens is 1. The van der Waals surface area contributed by atoms with Gasteiger partial charge in [0.15, 0.2) is 0 Å². The van der Waals surface area contributed by atoms with Crippen LogP contribution in [0.5, 0.6) is 0 Å². The zero-order valence-electron chi connectivity index (χ0n) is 9.30. The molecule has 1 aromatic heterocycles. The zero-order valence-corrected chi connectivity index (χ0v) is 11.6. The monoisotopic (exact) mass is 290 g/mol. The van der Waals surface area contributed by atoms with E-state index in [1.807, 2.05) is 6.07 Å². The third kappa shape index (κ3) is 3.44. The third-order valence-corrected chi connectivity index (χ3v) is 4.34. The maximum atomic E-state index is 6.06. The Morgan fingerprint density at radius 3 is 2.73 bits per heavy atom. The van der Waals surface area contributed by atoms with Gasteiger partial charge in [0, 0.05) is 29.8 Å². The molecule has 0 spiro atoms. The second-order valence-corrected chi connectivity index (χ2v) is 5.24. The lowest BCUT2D eigenvalue weighted by atomic mass is 10.1. The minimum absolute atomic E-state index is 0.118. The number of pyridine rings is 1. The summed E-state index contributed by atoms with van der Waals surface area (Å²) < 4.78 is 0. The molecule has 0 aliphatic carbocycles. The third-order valence-electron chi connectivity index (χ3n) is 2.62. The van der Waals surface area contributed by atoms with Crippen molar-refractivity contribution in [3.63, 3.8) is 0 Å². The molecule has 0 saturated carbocycles. The van der Waals surface area contributed by atoms with Crippen molar-refractivity contribution in [2.45, 2.75) is 25.9 Å². The molecule has 15 heavy (non-hydrogen) atoms. The van der Waals surface area contributed by atoms with Crippen LogP contribution >= 0.6 is 27.5 Å². The van der Waals surface area contributed by atoms with Gasteiger partial charge >= 0.3 is 0 Å². The highest BCUT2D eigenvalue weighted by Gasteiger charge is 2.22. The standard InChI is InChI=1S/C11H16BrClN2/c1-11(2,8-12)15(3)7-9-4-5-14-6-10(9)13/h4-6H,7-8H2,1-3H3. The van der Waals surface area contributed by atoms with Crippen LogP contribution in [0.1, 0.15) is 19.4 Å². The van der Waals surface area contributed by atoms with E-state index in [1.165, 1.54) is 0 Å². The van der Waals surface area contributed by atoms with Gasteiger partial charge in [0.1, 0.15) is 0 Å². The van der Waals surface area contributed by atoms with Gasteiger partial charge in [0.05, 0.1) is 5.02 Å². The highest BCUT2D eigenvalue weighted by molar-refractivity contribution is 9.09. The number of halogens is 2. The topological polar surface area (TPSA) is 16.1 Å². The molecule has 1 heterocycles. The molecule has 4 heteroatoms. The molecule has 0 bridgehead atoms. The molecular weight excluding hydrogens is 275 g/mol. The Morgan fingerprint density at radius 2 is 2.20 bits per heavy atom. The van der Waals surface area contributed by atoms with Crippen molar-refractivity contribution in [3.05, 3.63) is 29.0 Å². The van der Waals surface area contributed by atoms with E-state index in [9.17, 15) is 0 Å². The Balaban J connectivity index is 2.75. The minimum Gasteiger partial charge on any atom is -0.296 e. The number of hydrogen-bond donors (Lipinski definition) is 0. The molecule has 0 aliphatic heterocycles. The summed E-state index contributed by atoms with van der Waals surface area (Å²) in [5.41, 5.74) is 1.23. The van der Waals surface area contributed by atoms with E-state index >= 15 is 0 Å². The summed E-state index contributed by atoms with van der Waals surface area (Å²) >= 11 is 9.58. The molecule has 2 nitrogen and oxygen atoms in total. The fourth-order valence-electron chi connectivity index (χ4n) is 1.10. The fraction of sp³-hybridized carbons (Fsp3) is 0.545. The zero-order chi connectivity index (χ0) is 11.5. The van der Waals surface area contributed by atoms with Crippen LogP contribution in [0.2, 0.25) is 5.02 Å². The van der Waals surface area contributed by atoms with Crippen molar-refractivity contribution in [2.24, 2.45) is 0 Å². The Labute approximate surface area is 105 Å². The summed E-state index contributed by atoms with van der Waals surface area (Å²) in [6.07, 6.45) is 3.46. The van der Waals surface area contributed by atoms with E-state index in [1.54, 1.807) is 12.4 Å². The molecule has 0 N–H and O–H groups in total. The summed E-state index contributed by atoms with van der Waals surface area (Å²) in [5, 5.41) is 1.66.